The highest BCUT2D eigenvalue weighted by atomic mass is 16.7. The zero-order valence-corrected chi connectivity index (χ0v) is 11.0. The SMILES string of the molecule is CC1OC(CCc2ccccc2)OCC1(C)C. The summed E-state index contributed by atoms with van der Waals surface area (Å²) in [6, 6.07) is 10.5. The quantitative estimate of drug-likeness (QED) is 0.798. The third kappa shape index (κ3) is 3.30. The molecule has 94 valence electrons. The van der Waals surface area contributed by atoms with Gasteiger partial charge in [0.25, 0.3) is 0 Å². The van der Waals surface area contributed by atoms with Crippen molar-refractivity contribution in [1.29, 1.82) is 0 Å². The number of hydrogen-bond donors (Lipinski definition) is 0. The topological polar surface area (TPSA) is 18.5 Å². The lowest BCUT2D eigenvalue weighted by Crippen LogP contribution is -2.44. The Morgan fingerprint density at radius 3 is 2.59 bits per heavy atom. The zero-order chi connectivity index (χ0) is 12.3. The Balaban J connectivity index is 1.82. The van der Waals surface area contributed by atoms with Crippen molar-refractivity contribution in [2.45, 2.75) is 46.0 Å². The summed E-state index contributed by atoms with van der Waals surface area (Å²) in [5, 5.41) is 0. The van der Waals surface area contributed by atoms with Gasteiger partial charge in [-0.3, -0.25) is 0 Å². The normalized spacial score (nSPS) is 27.9. The molecular formula is C15H22O2. The van der Waals surface area contributed by atoms with Gasteiger partial charge < -0.3 is 9.47 Å². The summed E-state index contributed by atoms with van der Waals surface area (Å²) in [7, 11) is 0. The third-order valence-electron chi connectivity index (χ3n) is 3.61. The molecule has 2 nitrogen and oxygen atoms in total. The van der Waals surface area contributed by atoms with Gasteiger partial charge in [-0.15, -0.1) is 0 Å². The predicted octanol–water partition coefficient (Wildman–Crippen LogP) is 3.41. The van der Waals surface area contributed by atoms with E-state index in [1.54, 1.807) is 0 Å². The molecule has 1 aromatic carbocycles. The van der Waals surface area contributed by atoms with Gasteiger partial charge in [-0.25, -0.2) is 0 Å². The van der Waals surface area contributed by atoms with E-state index in [1.165, 1.54) is 5.56 Å². The number of rotatable bonds is 3. The minimum absolute atomic E-state index is 0.0433. The van der Waals surface area contributed by atoms with E-state index in [0.717, 1.165) is 19.4 Å². The lowest BCUT2D eigenvalue weighted by Gasteiger charge is -2.40. The summed E-state index contributed by atoms with van der Waals surface area (Å²) in [6.07, 6.45) is 2.17. The van der Waals surface area contributed by atoms with Crippen LogP contribution in [-0.2, 0) is 15.9 Å². The van der Waals surface area contributed by atoms with Crippen LogP contribution in [0.3, 0.4) is 0 Å². The lowest BCUT2D eigenvalue weighted by atomic mass is 9.87. The molecule has 1 fully saturated rings. The van der Waals surface area contributed by atoms with Crippen LogP contribution in [0, 0.1) is 5.41 Å². The molecule has 1 aromatic rings. The van der Waals surface area contributed by atoms with Crippen LogP contribution in [0.5, 0.6) is 0 Å². The second-order valence-electron chi connectivity index (χ2n) is 5.53. The number of aryl methyl sites for hydroxylation is 1. The average molecular weight is 234 g/mol. The molecule has 2 unspecified atom stereocenters. The highest BCUT2D eigenvalue weighted by molar-refractivity contribution is 5.14. The molecular weight excluding hydrogens is 212 g/mol. The molecule has 0 aliphatic carbocycles. The van der Waals surface area contributed by atoms with Crippen molar-refractivity contribution in [1.82, 2.24) is 0 Å². The number of ether oxygens (including phenoxy) is 2. The van der Waals surface area contributed by atoms with E-state index in [-0.39, 0.29) is 17.8 Å². The largest absolute Gasteiger partial charge is 0.352 e. The maximum atomic E-state index is 5.90. The molecule has 0 bridgehead atoms. The molecule has 0 N–H and O–H groups in total. The Morgan fingerprint density at radius 2 is 1.94 bits per heavy atom. The van der Waals surface area contributed by atoms with Crippen LogP contribution in [0.4, 0.5) is 0 Å². The monoisotopic (exact) mass is 234 g/mol. The van der Waals surface area contributed by atoms with Gasteiger partial charge in [-0.05, 0) is 18.9 Å². The summed E-state index contributed by atoms with van der Waals surface area (Å²) < 4.78 is 11.7. The molecule has 1 saturated heterocycles. The standard InChI is InChI=1S/C15H22O2/c1-12-15(2,3)11-16-14(17-12)10-9-13-7-5-4-6-8-13/h4-8,12,14H,9-11H2,1-3H3. The zero-order valence-electron chi connectivity index (χ0n) is 11.0. The van der Waals surface area contributed by atoms with Crippen molar-refractivity contribution in [3.8, 4) is 0 Å². The molecule has 1 aliphatic rings. The maximum absolute atomic E-state index is 5.90. The highest BCUT2D eigenvalue weighted by Gasteiger charge is 2.34. The van der Waals surface area contributed by atoms with Crippen LogP contribution in [0.1, 0.15) is 32.8 Å². The molecule has 0 aromatic heterocycles. The smallest absolute Gasteiger partial charge is 0.158 e. The number of hydrogen-bond acceptors (Lipinski definition) is 2. The molecule has 2 rings (SSSR count). The predicted molar refractivity (Wildman–Crippen MR) is 68.8 cm³/mol. The Hall–Kier alpha value is -0.860. The maximum Gasteiger partial charge on any atom is 0.158 e. The van der Waals surface area contributed by atoms with Crippen LogP contribution >= 0.6 is 0 Å². The van der Waals surface area contributed by atoms with Crippen LogP contribution in [0.15, 0.2) is 30.3 Å². The van der Waals surface area contributed by atoms with Gasteiger partial charge in [0.05, 0.1) is 12.7 Å². The van der Waals surface area contributed by atoms with Crippen LogP contribution in [-0.4, -0.2) is 19.0 Å². The summed E-state index contributed by atoms with van der Waals surface area (Å²) in [4.78, 5) is 0. The van der Waals surface area contributed by atoms with E-state index in [0.29, 0.717) is 0 Å². The molecule has 0 radical (unpaired) electrons. The van der Waals surface area contributed by atoms with E-state index in [2.05, 4.69) is 45.0 Å². The van der Waals surface area contributed by atoms with Crippen molar-refractivity contribution >= 4 is 0 Å². The molecule has 0 saturated carbocycles. The third-order valence-corrected chi connectivity index (χ3v) is 3.61. The summed E-state index contributed by atoms with van der Waals surface area (Å²) in [6.45, 7) is 7.29. The Labute approximate surface area is 104 Å². The van der Waals surface area contributed by atoms with Gasteiger partial charge in [0.2, 0.25) is 0 Å². The molecule has 1 aliphatic heterocycles. The molecule has 0 spiro atoms. The second-order valence-corrected chi connectivity index (χ2v) is 5.53. The average Bonchev–Trinajstić information content (AvgIpc) is 2.32. The minimum Gasteiger partial charge on any atom is -0.352 e. The second kappa shape index (κ2) is 5.19. The Kier molecular flexibility index (Phi) is 3.85. The summed E-state index contributed by atoms with van der Waals surface area (Å²) >= 11 is 0. The van der Waals surface area contributed by atoms with Crippen molar-refractivity contribution in [2.24, 2.45) is 5.41 Å². The first kappa shape index (κ1) is 12.6. The molecule has 17 heavy (non-hydrogen) atoms. The first-order valence-electron chi connectivity index (χ1n) is 6.39. The van der Waals surface area contributed by atoms with Crippen molar-refractivity contribution in [3.05, 3.63) is 35.9 Å². The first-order valence-corrected chi connectivity index (χ1v) is 6.39. The number of benzene rings is 1. The van der Waals surface area contributed by atoms with E-state index >= 15 is 0 Å². The van der Waals surface area contributed by atoms with Gasteiger partial charge in [-0.1, -0.05) is 44.2 Å². The van der Waals surface area contributed by atoms with Crippen molar-refractivity contribution in [3.63, 3.8) is 0 Å². The Bertz CT molecular complexity index is 345. The lowest BCUT2D eigenvalue weighted by molar-refractivity contribution is -0.255. The fourth-order valence-corrected chi connectivity index (χ4v) is 1.96. The molecule has 0 amide bonds. The fourth-order valence-electron chi connectivity index (χ4n) is 1.96. The van der Waals surface area contributed by atoms with E-state index in [4.69, 9.17) is 9.47 Å². The van der Waals surface area contributed by atoms with Crippen LogP contribution in [0.2, 0.25) is 0 Å². The van der Waals surface area contributed by atoms with Gasteiger partial charge in [0.1, 0.15) is 0 Å². The minimum atomic E-state index is -0.0433. The van der Waals surface area contributed by atoms with Crippen molar-refractivity contribution < 1.29 is 9.47 Å². The van der Waals surface area contributed by atoms with E-state index in [1.807, 2.05) is 6.07 Å². The molecule has 2 heteroatoms. The Morgan fingerprint density at radius 1 is 1.24 bits per heavy atom. The van der Waals surface area contributed by atoms with Gasteiger partial charge >= 0.3 is 0 Å². The van der Waals surface area contributed by atoms with Gasteiger partial charge in [0, 0.05) is 11.8 Å². The van der Waals surface area contributed by atoms with Gasteiger partial charge in [0.15, 0.2) is 6.29 Å². The van der Waals surface area contributed by atoms with Gasteiger partial charge in [-0.2, -0.15) is 0 Å². The van der Waals surface area contributed by atoms with E-state index in [9.17, 15) is 0 Å². The first-order chi connectivity index (χ1) is 8.08. The molecule has 2 atom stereocenters. The molecule has 1 heterocycles. The van der Waals surface area contributed by atoms with Crippen LogP contribution < -0.4 is 0 Å². The van der Waals surface area contributed by atoms with Crippen LogP contribution in [0.25, 0.3) is 0 Å². The highest BCUT2D eigenvalue weighted by Crippen LogP contribution is 2.30. The summed E-state index contributed by atoms with van der Waals surface area (Å²) in [5.74, 6) is 0. The van der Waals surface area contributed by atoms with Crippen molar-refractivity contribution in [2.75, 3.05) is 6.61 Å². The summed E-state index contributed by atoms with van der Waals surface area (Å²) in [5.41, 5.74) is 1.47. The fraction of sp³-hybridized carbons (Fsp3) is 0.600. The van der Waals surface area contributed by atoms with E-state index < -0.39 is 0 Å².